The summed E-state index contributed by atoms with van der Waals surface area (Å²) in [5, 5.41) is 13.0. The second-order valence-corrected chi connectivity index (χ2v) is 3.17. The topological polar surface area (TPSA) is 55.1 Å². The van der Waals surface area contributed by atoms with Crippen molar-refractivity contribution in [3.63, 3.8) is 0 Å². The van der Waals surface area contributed by atoms with E-state index in [0.717, 1.165) is 5.56 Å². The fraction of sp³-hybridized carbons (Fsp3) is 0.0909. The lowest BCUT2D eigenvalue weighted by Gasteiger charge is -2.05. The van der Waals surface area contributed by atoms with E-state index in [4.69, 9.17) is 5.11 Å². The molecule has 0 amide bonds. The molecule has 0 saturated carbocycles. The van der Waals surface area contributed by atoms with E-state index in [1.807, 2.05) is 12.1 Å². The summed E-state index contributed by atoms with van der Waals surface area (Å²) >= 11 is 0. The maximum atomic E-state index is 10.9. The molecule has 0 unspecified atom stereocenters. The van der Waals surface area contributed by atoms with E-state index in [2.05, 4.69) is 5.10 Å². The maximum Gasteiger partial charge on any atom is 0.336 e. The van der Waals surface area contributed by atoms with Crippen LogP contribution >= 0.6 is 0 Å². The highest BCUT2D eigenvalue weighted by Gasteiger charge is 2.08. The lowest BCUT2D eigenvalue weighted by molar-refractivity contribution is 0.0695. The molecule has 1 N–H and O–H groups in total. The molecule has 4 heteroatoms. The average molecular weight is 202 g/mol. The van der Waals surface area contributed by atoms with Crippen molar-refractivity contribution in [3.8, 4) is 0 Å². The number of carboxylic acid groups (broad SMARTS) is 1. The maximum absolute atomic E-state index is 10.9. The van der Waals surface area contributed by atoms with Crippen molar-refractivity contribution in [2.24, 2.45) is 0 Å². The molecule has 4 nitrogen and oxygen atoms in total. The van der Waals surface area contributed by atoms with Crippen LogP contribution in [-0.4, -0.2) is 20.9 Å². The molecule has 0 fully saturated rings. The summed E-state index contributed by atoms with van der Waals surface area (Å²) in [5.74, 6) is -0.905. The van der Waals surface area contributed by atoms with Gasteiger partial charge in [-0.05, 0) is 17.7 Å². The van der Waals surface area contributed by atoms with Gasteiger partial charge in [-0.3, -0.25) is 4.68 Å². The van der Waals surface area contributed by atoms with Gasteiger partial charge >= 0.3 is 5.97 Å². The van der Waals surface area contributed by atoms with Crippen LogP contribution in [0.2, 0.25) is 0 Å². The van der Waals surface area contributed by atoms with E-state index in [1.54, 1.807) is 35.3 Å². The average Bonchev–Trinajstić information content (AvgIpc) is 2.71. The molecule has 1 aromatic heterocycles. The lowest BCUT2D eigenvalue weighted by atomic mass is 10.1. The van der Waals surface area contributed by atoms with Crippen LogP contribution in [0.4, 0.5) is 0 Å². The molecule has 76 valence electrons. The molecule has 0 radical (unpaired) electrons. The summed E-state index contributed by atoms with van der Waals surface area (Å²) in [5.41, 5.74) is 1.08. The van der Waals surface area contributed by atoms with Crippen molar-refractivity contribution in [1.29, 1.82) is 0 Å². The Morgan fingerprint density at radius 3 is 2.80 bits per heavy atom. The van der Waals surface area contributed by atoms with Gasteiger partial charge in [0.15, 0.2) is 0 Å². The van der Waals surface area contributed by atoms with Crippen LogP contribution in [0.25, 0.3) is 0 Å². The first-order valence-electron chi connectivity index (χ1n) is 4.56. The van der Waals surface area contributed by atoms with E-state index < -0.39 is 5.97 Å². The predicted octanol–water partition coefficient (Wildman–Crippen LogP) is 1.63. The third-order valence-electron chi connectivity index (χ3n) is 2.14. The van der Waals surface area contributed by atoms with Crippen LogP contribution in [0.15, 0.2) is 42.7 Å². The first-order valence-corrected chi connectivity index (χ1v) is 4.56. The molecule has 0 saturated heterocycles. The molecular formula is C11H10N2O2. The molecule has 15 heavy (non-hydrogen) atoms. The van der Waals surface area contributed by atoms with Gasteiger partial charge in [-0.25, -0.2) is 4.79 Å². The van der Waals surface area contributed by atoms with Crippen molar-refractivity contribution < 1.29 is 9.90 Å². The first-order chi connectivity index (χ1) is 7.27. The molecular weight excluding hydrogens is 192 g/mol. The van der Waals surface area contributed by atoms with Crippen molar-refractivity contribution in [2.45, 2.75) is 6.54 Å². The Bertz CT molecular complexity index is 463. The Labute approximate surface area is 86.8 Å². The van der Waals surface area contributed by atoms with E-state index >= 15 is 0 Å². The molecule has 0 aliphatic carbocycles. The van der Waals surface area contributed by atoms with Crippen LogP contribution in [0.1, 0.15) is 15.9 Å². The Morgan fingerprint density at radius 1 is 1.33 bits per heavy atom. The van der Waals surface area contributed by atoms with Crippen LogP contribution in [-0.2, 0) is 6.54 Å². The normalized spacial score (nSPS) is 10.1. The number of carboxylic acids is 1. The van der Waals surface area contributed by atoms with Crippen molar-refractivity contribution in [3.05, 3.63) is 53.9 Å². The van der Waals surface area contributed by atoms with Crippen molar-refractivity contribution in [2.75, 3.05) is 0 Å². The zero-order valence-corrected chi connectivity index (χ0v) is 8.00. The molecule has 0 bridgehead atoms. The zero-order chi connectivity index (χ0) is 10.7. The highest BCUT2D eigenvalue weighted by molar-refractivity contribution is 5.89. The number of nitrogens with zero attached hydrogens (tertiary/aromatic N) is 2. The van der Waals surface area contributed by atoms with Gasteiger partial charge in [-0.2, -0.15) is 5.10 Å². The van der Waals surface area contributed by atoms with Crippen LogP contribution in [0.3, 0.4) is 0 Å². The van der Waals surface area contributed by atoms with Crippen LogP contribution in [0.5, 0.6) is 0 Å². The van der Waals surface area contributed by atoms with Crippen LogP contribution in [0, 0.1) is 0 Å². The first kappa shape index (κ1) is 9.45. The van der Waals surface area contributed by atoms with Crippen molar-refractivity contribution in [1.82, 2.24) is 9.78 Å². The predicted molar refractivity (Wildman–Crippen MR) is 54.7 cm³/mol. The summed E-state index contributed by atoms with van der Waals surface area (Å²) < 4.78 is 1.70. The number of aromatic carboxylic acids is 1. The Kier molecular flexibility index (Phi) is 2.49. The number of hydrogen-bond acceptors (Lipinski definition) is 2. The Balaban J connectivity index is 2.32. The van der Waals surface area contributed by atoms with E-state index in [1.165, 1.54) is 0 Å². The largest absolute Gasteiger partial charge is 0.478 e. The number of benzene rings is 1. The van der Waals surface area contributed by atoms with Gasteiger partial charge in [0.2, 0.25) is 0 Å². The molecule has 0 spiro atoms. The summed E-state index contributed by atoms with van der Waals surface area (Å²) in [7, 11) is 0. The minimum absolute atomic E-state index is 0.327. The second-order valence-electron chi connectivity index (χ2n) is 3.17. The number of hydrogen-bond donors (Lipinski definition) is 1. The summed E-state index contributed by atoms with van der Waals surface area (Å²) in [4.78, 5) is 10.9. The van der Waals surface area contributed by atoms with Gasteiger partial charge in [0.25, 0.3) is 0 Å². The highest BCUT2D eigenvalue weighted by Crippen LogP contribution is 2.09. The van der Waals surface area contributed by atoms with Crippen molar-refractivity contribution >= 4 is 5.97 Å². The highest BCUT2D eigenvalue weighted by atomic mass is 16.4. The SMILES string of the molecule is O=C(O)c1ccccc1Cn1cccn1. The summed E-state index contributed by atoms with van der Waals surface area (Å²) in [6.07, 6.45) is 3.47. The number of aromatic nitrogens is 2. The van der Waals surface area contributed by atoms with Gasteiger partial charge in [0.05, 0.1) is 12.1 Å². The van der Waals surface area contributed by atoms with E-state index in [9.17, 15) is 4.79 Å². The fourth-order valence-electron chi connectivity index (χ4n) is 1.44. The minimum Gasteiger partial charge on any atom is -0.478 e. The van der Waals surface area contributed by atoms with Gasteiger partial charge in [0.1, 0.15) is 0 Å². The third kappa shape index (κ3) is 2.04. The van der Waals surface area contributed by atoms with Gasteiger partial charge in [-0.1, -0.05) is 18.2 Å². The molecule has 1 aromatic carbocycles. The Morgan fingerprint density at radius 2 is 2.13 bits per heavy atom. The molecule has 2 aromatic rings. The van der Waals surface area contributed by atoms with E-state index in [-0.39, 0.29) is 0 Å². The molecule has 0 aliphatic heterocycles. The van der Waals surface area contributed by atoms with E-state index in [0.29, 0.717) is 12.1 Å². The smallest absolute Gasteiger partial charge is 0.336 e. The molecule has 1 heterocycles. The molecule has 2 rings (SSSR count). The second kappa shape index (κ2) is 3.96. The third-order valence-corrected chi connectivity index (χ3v) is 2.14. The number of rotatable bonds is 3. The standard InChI is InChI=1S/C11H10N2O2/c14-11(15)10-5-2-1-4-9(10)8-13-7-3-6-12-13/h1-7H,8H2,(H,14,15). The summed E-state index contributed by atoms with van der Waals surface area (Å²) in [6, 6.07) is 8.75. The molecule has 0 aliphatic rings. The van der Waals surface area contributed by atoms with Gasteiger partial charge in [-0.15, -0.1) is 0 Å². The van der Waals surface area contributed by atoms with Crippen LogP contribution < -0.4 is 0 Å². The van der Waals surface area contributed by atoms with Gasteiger partial charge < -0.3 is 5.11 Å². The fourth-order valence-corrected chi connectivity index (χ4v) is 1.44. The molecule has 0 atom stereocenters. The minimum atomic E-state index is -0.905. The summed E-state index contributed by atoms with van der Waals surface area (Å²) in [6.45, 7) is 0.482. The number of carbonyl (C=O) groups is 1. The van der Waals surface area contributed by atoms with Gasteiger partial charge in [0, 0.05) is 12.4 Å². The zero-order valence-electron chi connectivity index (χ0n) is 8.00. The Hall–Kier alpha value is -2.10. The monoisotopic (exact) mass is 202 g/mol. The quantitative estimate of drug-likeness (QED) is 0.822. The lowest BCUT2D eigenvalue weighted by Crippen LogP contribution is -2.07.